The standard InChI is InChI=1S/C20H23FIN5O3/c1-26(2)7-8-27-17-5-6-23-12-14(17)18(19(27)20(29)25-30-10-9-28)24-16-4-3-13(22)11-15(16)21/h3-6,11-12,24,28H,7-10H2,1-2H3,(H,25,29). The highest BCUT2D eigenvalue weighted by Crippen LogP contribution is 2.34. The number of hydrogen-bond donors (Lipinski definition) is 3. The highest BCUT2D eigenvalue weighted by Gasteiger charge is 2.24. The Morgan fingerprint density at radius 2 is 2.17 bits per heavy atom. The van der Waals surface area contributed by atoms with Gasteiger partial charge < -0.3 is 19.9 Å². The summed E-state index contributed by atoms with van der Waals surface area (Å²) in [6.45, 7) is 0.931. The molecule has 0 radical (unpaired) electrons. The van der Waals surface area contributed by atoms with Crippen molar-refractivity contribution in [2.45, 2.75) is 6.54 Å². The molecule has 3 N–H and O–H groups in total. The van der Waals surface area contributed by atoms with E-state index in [1.165, 1.54) is 6.07 Å². The third-order valence-corrected chi connectivity index (χ3v) is 5.07. The number of rotatable bonds is 9. The van der Waals surface area contributed by atoms with Gasteiger partial charge in [0.15, 0.2) is 0 Å². The summed E-state index contributed by atoms with van der Waals surface area (Å²) in [6, 6.07) is 6.63. The second kappa shape index (κ2) is 10.2. The first-order valence-electron chi connectivity index (χ1n) is 9.28. The molecule has 0 bridgehead atoms. The molecule has 2 aromatic heterocycles. The predicted octanol–water partition coefficient (Wildman–Crippen LogP) is 2.74. The minimum atomic E-state index is -0.508. The van der Waals surface area contributed by atoms with Gasteiger partial charge in [-0.05, 0) is 61.0 Å². The van der Waals surface area contributed by atoms with Crippen molar-refractivity contribution in [1.82, 2.24) is 19.9 Å². The van der Waals surface area contributed by atoms with Crippen LogP contribution in [0.2, 0.25) is 0 Å². The Morgan fingerprint density at radius 3 is 2.87 bits per heavy atom. The van der Waals surface area contributed by atoms with Gasteiger partial charge in [-0.15, -0.1) is 0 Å². The molecular weight excluding hydrogens is 504 g/mol. The van der Waals surface area contributed by atoms with Crippen molar-refractivity contribution in [1.29, 1.82) is 0 Å². The number of hydroxylamine groups is 1. The number of fused-ring (bicyclic) bond motifs is 1. The zero-order valence-corrected chi connectivity index (χ0v) is 18.8. The number of hydrogen-bond acceptors (Lipinski definition) is 6. The molecule has 2 heterocycles. The fourth-order valence-corrected chi connectivity index (χ4v) is 3.48. The molecule has 0 unspecified atom stereocenters. The highest BCUT2D eigenvalue weighted by atomic mass is 127. The number of carbonyl (C=O) groups excluding carboxylic acids is 1. The van der Waals surface area contributed by atoms with Crippen molar-refractivity contribution in [3.63, 3.8) is 0 Å². The Bertz CT molecular complexity index is 1040. The van der Waals surface area contributed by atoms with Crippen LogP contribution in [0.25, 0.3) is 10.9 Å². The van der Waals surface area contributed by atoms with Gasteiger partial charge in [-0.25, -0.2) is 9.87 Å². The normalized spacial score (nSPS) is 11.3. The number of halogens is 2. The van der Waals surface area contributed by atoms with Crippen LogP contribution in [-0.2, 0) is 11.4 Å². The molecule has 0 aliphatic heterocycles. The quantitative estimate of drug-likeness (QED) is 0.225. The molecule has 1 aromatic carbocycles. The number of amides is 1. The first-order chi connectivity index (χ1) is 14.4. The van der Waals surface area contributed by atoms with E-state index in [0.29, 0.717) is 24.2 Å². The molecule has 160 valence electrons. The van der Waals surface area contributed by atoms with Crippen molar-refractivity contribution in [2.24, 2.45) is 0 Å². The van der Waals surface area contributed by atoms with Gasteiger partial charge in [-0.3, -0.25) is 14.6 Å². The van der Waals surface area contributed by atoms with Crippen LogP contribution in [0.15, 0.2) is 36.7 Å². The summed E-state index contributed by atoms with van der Waals surface area (Å²) >= 11 is 2.04. The second-order valence-electron chi connectivity index (χ2n) is 6.82. The van der Waals surface area contributed by atoms with Crippen LogP contribution >= 0.6 is 22.6 Å². The molecule has 0 fully saturated rings. The van der Waals surface area contributed by atoms with Crippen LogP contribution in [0, 0.1) is 9.39 Å². The number of aliphatic hydroxyl groups excluding tert-OH is 1. The Balaban J connectivity index is 2.12. The lowest BCUT2D eigenvalue weighted by molar-refractivity contribution is 0.0162. The molecule has 8 nitrogen and oxygen atoms in total. The number of benzene rings is 1. The summed E-state index contributed by atoms with van der Waals surface area (Å²) in [4.78, 5) is 24.2. The minimum absolute atomic E-state index is 0.0419. The van der Waals surface area contributed by atoms with Crippen molar-refractivity contribution in [2.75, 3.05) is 39.2 Å². The third-order valence-electron chi connectivity index (χ3n) is 4.40. The van der Waals surface area contributed by atoms with Crippen molar-refractivity contribution < 1.29 is 19.1 Å². The summed E-state index contributed by atoms with van der Waals surface area (Å²) in [5.41, 5.74) is 4.10. The maximum Gasteiger partial charge on any atom is 0.293 e. The Labute approximate surface area is 187 Å². The van der Waals surface area contributed by atoms with Gasteiger partial charge in [0.25, 0.3) is 5.91 Å². The van der Waals surface area contributed by atoms with Gasteiger partial charge in [-0.2, -0.15) is 0 Å². The van der Waals surface area contributed by atoms with E-state index in [-0.39, 0.29) is 24.6 Å². The molecule has 0 saturated carbocycles. The molecular formula is C20H23FIN5O3. The maximum absolute atomic E-state index is 14.5. The molecule has 0 atom stereocenters. The minimum Gasteiger partial charge on any atom is -0.394 e. The van der Waals surface area contributed by atoms with E-state index in [1.54, 1.807) is 24.5 Å². The monoisotopic (exact) mass is 527 g/mol. The number of nitrogens with one attached hydrogen (secondary N) is 2. The fourth-order valence-electron chi connectivity index (χ4n) is 3.03. The van der Waals surface area contributed by atoms with E-state index in [1.807, 2.05) is 52.2 Å². The lowest BCUT2D eigenvalue weighted by Crippen LogP contribution is -2.29. The van der Waals surface area contributed by atoms with Gasteiger partial charge in [-0.1, -0.05) is 0 Å². The number of nitrogens with zero attached hydrogens (tertiary/aromatic N) is 3. The Hall–Kier alpha value is -2.28. The predicted molar refractivity (Wildman–Crippen MR) is 121 cm³/mol. The molecule has 10 heteroatoms. The summed E-state index contributed by atoms with van der Waals surface area (Å²) in [5, 5.41) is 12.7. The lowest BCUT2D eigenvalue weighted by atomic mass is 10.2. The molecule has 1 amide bonds. The second-order valence-corrected chi connectivity index (χ2v) is 8.07. The SMILES string of the molecule is CN(C)CCn1c(C(=O)NOCCO)c(Nc2ccc(I)cc2F)c2cnccc21. The van der Waals surface area contributed by atoms with Crippen molar-refractivity contribution >= 4 is 50.8 Å². The number of aromatic nitrogens is 2. The van der Waals surface area contributed by atoms with Crippen LogP contribution in [0.4, 0.5) is 15.8 Å². The van der Waals surface area contributed by atoms with Crippen LogP contribution < -0.4 is 10.8 Å². The van der Waals surface area contributed by atoms with E-state index in [2.05, 4.69) is 15.8 Å². The van der Waals surface area contributed by atoms with Crippen LogP contribution in [0.1, 0.15) is 10.5 Å². The smallest absolute Gasteiger partial charge is 0.293 e. The molecule has 0 aliphatic carbocycles. The largest absolute Gasteiger partial charge is 0.394 e. The van der Waals surface area contributed by atoms with Gasteiger partial charge in [0.1, 0.15) is 11.5 Å². The van der Waals surface area contributed by atoms with Crippen LogP contribution in [0.3, 0.4) is 0 Å². The first-order valence-corrected chi connectivity index (χ1v) is 10.4. The average Bonchev–Trinajstić information content (AvgIpc) is 3.02. The number of pyridine rings is 1. The zero-order valence-electron chi connectivity index (χ0n) is 16.7. The summed E-state index contributed by atoms with van der Waals surface area (Å²) in [6.07, 6.45) is 3.29. The van der Waals surface area contributed by atoms with E-state index >= 15 is 0 Å². The van der Waals surface area contributed by atoms with Gasteiger partial charge in [0, 0.05) is 34.4 Å². The van der Waals surface area contributed by atoms with Crippen LogP contribution in [-0.4, -0.2) is 59.3 Å². The fraction of sp³-hybridized carbons (Fsp3) is 0.300. The molecule has 3 rings (SSSR count). The van der Waals surface area contributed by atoms with Gasteiger partial charge >= 0.3 is 0 Å². The average molecular weight is 527 g/mol. The van der Waals surface area contributed by atoms with E-state index in [0.717, 1.165) is 9.09 Å². The zero-order chi connectivity index (χ0) is 21.7. The molecule has 30 heavy (non-hydrogen) atoms. The van der Waals surface area contributed by atoms with Crippen molar-refractivity contribution in [3.05, 3.63) is 51.7 Å². The number of aliphatic hydroxyl groups is 1. The van der Waals surface area contributed by atoms with Gasteiger partial charge in [0.2, 0.25) is 0 Å². The summed E-state index contributed by atoms with van der Waals surface area (Å²) < 4.78 is 17.1. The number of carbonyl (C=O) groups is 1. The number of likely N-dealkylation sites (N-methyl/N-ethyl adjacent to an activating group) is 1. The highest BCUT2D eigenvalue weighted by molar-refractivity contribution is 14.1. The maximum atomic E-state index is 14.5. The number of anilines is 2. The first kappa shape index (κ1) is 22.4. The topological polar surface area (TPSA) is 91.7 Å². The molecule has 0 spiro atoms. The van der Waals surface area contributed by atoms with Crippen molar-refractivity contribution in [3.8, 4) is 0 Å². The lowest BCUT2D eigenvalue weighted by Gasteiger charge is -2.15. The third kappa shape index (κ3) is 5.06. The van der Waals surface area contributed by atoms with E-state index in [9.17, 15) is 9.18 Å². The van der Waals surface area contributed by atoms with E-state index in [4.69, 9.17) is 9.94 Å². The van der Waals surface area contributed by atoms with Gasteiger partial charge in [0.05, 0.1) is 30.1 Å². The Morgan fingerprint density at radius 1 is 1.37 bits per heavy atom. The van der Waals surface area contributed by atoms with Crippen LogP contribution in [0.5, 0.6) is 0 Å². The summed E-state index contributed by atoms with van der Waals surface area (Å²) in [5.74, 6) is -0.935. The Kier molecular flexibility index (Phi) is 7.58. The molecule has 0 aliphatic rings. The molecule has 0 saturated heterocycles. The van der Waals surface area contributed by atoms with E-state index < -0.39 is 11.7 Å². The summed E-state index contributed by atoms with van der Waals surface area (Å²) in [7, 11) is 3.88. The molecule has 3 aromatic rings.